The summed E-state index contributed by atoms with van der Waals surface area (Å²) in [7, 11) is 0. The molecule has 1 aromatic carbocycles. The quantitative estimate of drug-likeness (QED) is 0.880. The van der Waals surface area contributed by atoms with Gasteiger partial charge in [-0.3, -0.25) is 9.69 Å². The number of hydrogen-bond donors (Lipinski definition) is 1. The van der Waals surface area contributed by atoms with Crippen LogP contribution in [0.2, 0.25) is 0 Å². The van der Waals surface area contributed by atoms with E-state index in [0.29, 0.717) is 43.4 Å². The standard InChI is InChI=1S/C19H26N2O4/c22-16-4-1-3-15(16)20-7-9-21(10-8-20)19(23)14-5-6-17-18(13-14)25-12-2-11-24-17/h5-6,13,15-16,22H,1-4,7-12H2/t15-,16+/m1/s1. The summed E-state index contributed by atoms with van der Waals surface area (Å²) in [5.74, 6) is 1.42. The second-order valence-electron chi connectivity index (χ2n) is 7.11. The third-order valence-electron chi connectivity index (χ3n) is 5.51. The molecule has 1 N–H and O–H groups in total. The number of aliphatic hydroxyl groups is 1. The number of piperazine rings is 1. The molecule has 25 heavy (non-hydrogen) atoms. The maximum absolute atomic E-state index is 12.8. The molecule has 0 bridgehead atoms. The van der Waals surface area contributed by atoms with Crippen molar-refractivity contribution in [2.24, 2.45) is 0 Å². The predicted octanol–water partition coefficient (Wildman–Crippen LogP) is 1.52. The minimum Gasteiger partial charge on any atom is -0.490 e. The highest BCUT2D eigenvalue weighted by molar-refractivity contribution is 5.95. The monoisotopic (exact) mass is 346 g/mol. The number of ether oxygens (including phenoxy) is 2. The molecule has 0 aromatic heterocycles. The number of carbonyl (C=O) groups is 1. The van der Waals surface area contributed by atoms with E-state index in [1.807, 2.05) is 17.0 Å². The average Bonchev–Trinajstić information content (AvgIpc) is 2.93. The first-order chi connectivity index (χ1) is 12.2. The van der Waals surface area contributed by atoms with Crippen LogP contribution >= 0.6 is 0 Å². The number of nitrogens with zero attached hydrogens (tertiary/aromatic N) is 2. The van der Waals surface area contributed by atoms with Crippen molar-refractivity contribution in [3.8, 4) is 11.5 Å². The third kappa shape index (κ3) is 3.46. The van der Waals surface area contributed by atoms with Gasteiger partial charge in [0, 0.05) is 44.2 Å². The molecule has 2 aliphatic heterocycles. The van der Waals surface area contributed by atoms with Crippen molar-refractivity contribution in [2.75, 3.05) is 39.4 Å². The van der Waals surface area contributed by atoms with E-state index in [1.165, 1.54) is 0 Å². The van der Waals surface area contributed by atoms with Crippen molar-refractivity contribution >= 4 is 5.91 Å². The topological polar surface area (TPSA) is 62.2 Å². The van der Waals surface area contributed by atoms with E-state index < -0.39 is 0 Å². The summed E-state index contributed by atoms with van der Waals surface area (Å²) in [6.07, 6.45) is 3.72. The van der Waals surface area contributed by atoms with Crippen LogP contribution in [0, 0.1) is 0 Å². The van der Waals surface area contributed by atoms with Gasteiger partial charge >= 0.3 is 0 Å². The second-order valence-corrected chi connectivity index (χ2v) is 7.11. The molecule has 0 unspecified atom stereocenters. The zero-order valence-corrected chi connectivity index (χ0v) is 14.5. The maximum atomic E-state index is 12.8. The molecule has 3 aliphatic rings. The van der Waals surface area contributed by atoms with E-state index in [-0.39, 0.29) is 18.1 Å². The zero-order valence-electron chi connectivity index (χ0n) is 14.5. The van der Waals surface area contributed by atoms with Gasteiger partial charge in [-0.25, -0.2) is 0 Å². The fourth-order valence-corrected chi connectivity index (χ4v) is 4.08. The molecule has 1 saturated heterocycles. The Morgan fingerprint density at radius 3 is 2.48 bits per heavy atom. The third-order valence-corrected chi connectivity index (χ3v) is 5.51. The number of aliphatic hydroxyl groups excluding tert-OH is 1. The van der Waals surface area contributed by atoms with Crippen LogP contribution in [0.1, 0.15) is 36.0 Å². The fraction of sp³-hybridized carbons (Fsp3) is 0.632. The van der Waals surface area contributed by atoms with E-state index in [0.717, 1.165) is 38.8 Å². The molecule has 1 aromatic rings. The Morgan fingerprint density at radius 1 is 1.00 bits per heavy atom. The van der Waals surface area contributed by atoms with Gasteiger partial charge in [0.05, 0.1) is 19.3 Å². The Kier molecular flexibility index (Phi) is 4.81. The Bertz CT molecular complexity index is 628. The molecule has 0 radical (unpaired) electrons. The first-order valence-corrected chi connectivity index (χ1v) is 9.33. The van der Waals surface area contributed by atoms with Gasteiger partial charge in [-0.05, 0) is 37.5 Å². The number of benzene rings is 1. The van der Waals surface area contributed by atoms with Gasteiger partial charge in [0.15, 0.2) is 11.5 Å². The summed E-state index contributed by atoms with van der Waals surface area (Å²) in [5.41, 5.74) is 0.651. The zero-order chi connectivity index (χ0) is 17.2. The van der Waals surface area contributed by atoms with Crippen molar-refractivity contribution in [3.63, 3.8) is 0 Å². The summed E-state index contributed by atoms with van der Waals surface area (Å²) in [6, 6.07) is 5.73. The highest BCUT2D eigenvalue weighted by Crippen LogP contribution is 2.31. The van der Waals surface area contributed by atoms with Crippen molar-refractivity contribution in [1.82, 2.24) is 9.80 Å². The molecule has 1 amide bonds. The molecule has 1 saturated carbocycles. The van der Waals surface area contributed by atoms with Crippen molar-refractivity contribution in [1.29, 1.82) is 0 Å². The van der Waals surface area contributed by atoms with E-state index in [4.69, 9.17) is 9.47 Å². The van der Waals surface area contributed by atoms with Gasteiger partial charge in [-0.15, -0.1) is 0 Å². The molecular formula is C19H26N2O4. The largest absolute Gasteiger partial charge is 0.490 e. The van der Waals surface area contributed by atoms with Crippen LogP contribution in [0.25, 0.3) is 0 Å². The van der Waals surface area contributed by atoms with Gasteiger partial charge < -0.3 is 19.5 Å². The summed E-state index contributed by atoms with van der Waals surface area (Å²) in [6.45, 7) is 4.34. The predicted molar refractivity (Wildman–Crippen MR) is 93.2 cm³/mol. The summed E-state index contributed by atoms with van der Waals surface area (Å²) >= 11 is 0. The summed E-state index contributed by atoms with van der Waals surface area (Å²) in [4.78, 5) is 17.1. The van der Waals surface area contributed by atoms with Crippen LogP contribution in [0.3, 0.4) is 0 Å². The van der Waals surface area contributed by atoms with Gasteiger partial charge in [0.2, 0.25) is 0 Å². The lowest BCUT2D eigenvalue weighted by Gasteiger charge is -2.39. The molecule has 136 valence electrons. The number of fused-ring (bicyclic) bond motifs is 1. The summed E-state index contributed by atoms with van der Waals surface area (Å²) < 4.78 is 11.3. The highest BCUT2D eigenvalue weighted by Gasteiger charge is 2.33. The smallest absolute Gasteiger partial charge is 0.254 e. The Morgan fingerprint density at radius 2 is 1.76 bits per heavy atom. The minimum atomic E-state index is -0.205. The number of hydrogen-bond acceptors (Lipinski definition) is 5. The maximum Gasteiger partial charge on any atom is 0.254 e. The van der Waals surface area contributed by atoms with Crippen LogP contribution < -0.4 is 9.47 Å². The molecule has 0 spiro atoms. The molecule has 1 aliphatic carbocycles. The fourth-order valence-electron chi connectivity index (χ4n) is 4.08. The minimum absolute atomic E-state index is 0.0438. The van der Waals surface area contributed by atoms with Crippen LogP contribution in [0.4, 0.5) is 0 Å². The number of amides is 1. The number of carbonyl (C=O) groups excluding carboxylic acids is 1. The molecule has 2 heterocycles. The summed E-state index contributed by atoms with van der Waals surface area (Å²) in [5, 5.41) is 10.1. The normalized spacial score (nSPS) is 27.2. The van der Waals surface area contributed by atoms with Gasteiger partial charge in [-0.2, -0.15) is 0 Å². The Balaban J connectivity index is 1.40. The van der Waals surface area contributed by atoms with Crippen LogP contribution in [-0.2, 0) is 0 Å². The second kappa shape index (κ2) is 7.22. The molecule has 2 fully saturated rings. The molecule has 4 rings (SSSR count). The molecular weight excluding hydrogens is 320 g/mol. The molecule has 6 heteroatoms. The number of rotatable bonds is 2. The van der Waals surface area contributed by atoms with Crippen LogP contribution in [0.15, 0.2) is 18.2 Å². The molecule has 2 atom stereocenters. The molecule has 6 nitrogen and oxygen atoms in total. The van der Waals surface area contributed by atoms with E-state index >= 15 is 0 Å². The lowest BCUT2D eigenvalue weighted by atomic mass is 10.1. The van der Waals surface area contributed by atoms with Gasteiger partial charge in [0.1, 0.15) is 0 Å². The Hall–Kier alpha value is -1.79. The highest BCUT2D eigenvalue weighted by atomic mass is 16.5. The SMILES string of the molecule is O=C(c1ccc2c(c1)OCCCO2)N1CCN([C@@H]2CCC[C@@H]2O)CC1. The van der Waals surface area contributed by atoms with E-state index in [1.54, 1.807) is 6.07 Å². The van der Waals surface area contributed by atoms with Crippen molar-refractivity contribution in [2.45, 2.75) is 37.8 Å². The van der Waals surface area contributed by atoms with Gasteiger partial charge in [-0.1, -0.05) is 0 Å². The van der Waals surface area contributed by atoms with E-state index in [2.05, 4.69) is 4.90 Å². The first-order valence-electron chi connectivity index (χ1n) is 9.33. The van der Waals surface area contributed by atoms with Gasteiger partial charge in [0.25, 0.3) is 5.91 Å². The van der Waals surface area contributed by atoms with Crippen LogP contribution in [-0.4, -0.2) is 72.4 Å². The van der Waals surface area contributed by atoms with E-state index in [9.17, 15) is 9.90 Å². The lowest BCUT2D eigenvalue weighted by Crippen LogP contribution is -2.53. The average molecular weight is 346 g/mol. The van der Waals surface area contributed by atoms with Crippen LogP contribution in [0.5, 0.6) is 11.5 Å². The lowest BCUT2D eigenvalue weighted by molar-refractivity contribution is 0.0315. The van der Waals surface area contributed by atoms with Crippen molar-refractivity contribution < 1.29 is 19.4 Å². The van der Waals surface area contributed by atoms with Crippen molar-refractivity contribution in [3.05, 3.63) is 23.8 Å². The Labute approximate surface area is 148 Å². The first kappa shape index (κ1) is 16.7.